The number of para-hydroxylation sites is 4. The lowest BCUT2D eigenvalue weighted by Crippen LogP contribution is -2.09. The Hall–Kier alpha value is -7.42. The molecular formula is C54H36N2. The van der Waals surface area contributed by atoms with Crippen molar-refractivity contribution >= 4 is 98.8 Å². The van der Waals surface area contributed by atoms with Crippen molar-refractivity contribution in [2.75, 3.05) is 9.80 Å². The van der Waals surface area contributed by atoms with E-state index in [1.54, 1.807) is 72.8 Å². The van der Waals surface area contributed by atoms with E-state index in [9.17, 15) is 2.74 Å². The van der Waals surface area contributed by atoms with E-state index in [2.05, 4.69) is 0 Å². The molecule has 0 spiro atoms. The Bertz CT molecular complexity index is 3460. The van der Waals surface area contributed by atoms with Gasteiger partial charge in [0.25, 0.3) is 0 Å². The molecule has 0 aliphatic rings. The van der Waals surface area contributed by atoms with Crippen LogP contribution in [0, 0.1) is 0 Å². The van der Waals surface area contributed by atoms with Crippen LogP contribution >= 0.6 is 0 Å². The molecule has 11 rings (SSSR count). The van der Waals surface area contributed by atoms with Crippen LogP contribution in [0.4, 0.5) is 34.1 Å². The number of fused-ring (bicyclic) bond motifs is 12. The van der Waals surface area contributed by atoms with E-state index in [4.69, 9.17) is 11.0 Å². The predicted molar refractivity (Wildman–Crippen MR) is 241 cm³/mol. The van der Waals surface area contributed by atoms with Crippen molar-refractivity contribution in [1.82, 2.24) is 0 Å². The first kappa shape index (κ1) is 23.4. The van der Waals surface area contributed by atoms with Gasteiger partial charge in [-0.05, 0) is 150 Å². The second-order valence-electron chi connectivity index (χ2n) is 13.7. The zero-order valence-electron chi connectivity index (χ0n) is 39.9. The Kier molecular flexibility index (Phi) is 5.49. The van der Waals surface area contributed by atoms with Crippen LogP contribution in [0.2, 0.25) is 0 Å². The van der Waals surface area contributed by atoms with Crippen molar-refractivity contribution in [2.24, 2.45) is 0 Å². The number of rotatable bonds is 6. The van der Waals surface area contributed by atoms with Crippen LogP contribution in [-0.4, -0.2) is 0 Å². The summed E-state index contributed by atoms with van der Waals surface area (Å²) in [5.41, 5.74) is 4.61. The minimum Gasteiger partial charge on any atom is -0.310 e. The summed E-state index contributed by atoms with van der Waals surface area (Å²) >= 11 is 0. The average molecular weight is 723 g/mol. The van der Waals surface area contributed by atoms with Gasteiger partial charge < -0.3 is 9.80 Å². The molecule has 0 aliphatic carbocycles. The fraction of sp³-hybridized carbons (Fsp3) is 0. The fourth-order valence-corrected chi connectivity index (χ4v) is 8.16. The number of anilines is 6. The topological polar surface area (TPSA) is 6.48 Å². The summed E-state index contributed by atoms with van der Waals surface area (Å²) in [7, 11) is 0. The number of hydrogen-bond acceptors (Lipinski definition) is 2. The molecule has 56 heavy (non-hydrogen) atoms. The van der Waals surface area contributed by atoms with Crippen LogP contribution in [0.25, 0.3) is 64.6 Å². The lowest BCUT2D eigenvalue weighted by Gasteiger charge is -2.26. The summed E-state index contributed by atoms with van der Waals surface area (Å²) in [5, 5.41) is 7.04. The molecule has 11 aromatic rings. The maximum absolute atomic E-state index is 10.2. The maximum atomic E-state index is 10.2. The third-order valence-electron chi connectivity index (χ3n) is 10.6. The van der Waals surface area contributed by atoms with Gasteiger partial charge in [0.1, 0.15) is 0 Å². The van der Waals surface area contributed by atoms with Gasteiger partial charge >= 0.3 is 0 Å². The van der Waals surface area contributed by atoms with Gasteiger partial charge in [-0.1, -0.05) is 133 Å². The molecule has 0 bridgehead atoms. The third-order valence-corrected chi connectivity index (χ3v) is 10.6. The Morgan fingerprint density at radius 3 is 0.804 bits per heavy atom. The molecule has 0 radical (unpaired) electrons. The fourth-order valence-electron chi connectivity index (χ4n) is 8.16. The smallest absolute Gasteiger partial charge is 0.0636 e. The van der Waals surface area contributed by atoms with Crippen molar-refractivity contribution in [3.63, 3.8) is 0 Å². The van der Waals surface area contributed by atoms with E-state index >= 15 is 0 Å². The summed E-state index contributed by atoms with van der Waals surface area (Å²) in [6.07, 6.45) is 0. The van der Waals surface area contributed by atoms with Crippen LogP contribution in [0.1, 0.15) is 13.7 Å². The first-order chi connectivity index (χ1) is 31.8. The first-order valence-corrected chi connectivity index (χ1v) is 18.4. The standard InChI is InChI=1S/C54H36N2/c1-5-17-37(18-6-1)55(38-19-7-2-8-20-38)41-29-31-47-49(33-41)43-25-13-15-27-45(43)51-36-54-48-32-30-42(56(39-21-9-3-10-22-39)40-23-11-4-12-24-40)34-50(48)44-26-14-16-28-46(44)52(54)35-53(47)51/h1-36H/i1D,2D,3D,4D,13D,14D,15D,16D,35D,36D. The predicted octanol–water partition coefficient (Wildman–Crippen LogP) is 15.5. The molecule has 0 saturated carbocycles. The second-order valence-corrected chi connectivity index (χ2v) is 13.7. The molecule has 11 aromatic carbocycles. The monoisotopic (exact) mass is 722 g/mol. The van der Waals surface area contributed by atoms with Crippen LogP contribution in [-0.2, 0) is 0 Å². The maximum Gasteiger partial charge on any atom is 0.0636 e. The van der Waals surface area contributed by atoms with Crippen molar-refractivity contribution in [1.29, 1.82) is 0 Å². The number of benzene rings is 11. The average Bonchev–Trinajstić information content (AvgIpc) is 3.31. The molecule has 0 fully saturated rings. The molecule has 0 N–H and O–H groups in total. The molecule has 0 amide bonds. The van der Waals surface area contributed by atoms with Crippen molar-refractivity contribution in [3.05, 3.63) is 218 Å². The van der Waals surface area contributed by atoms with Crippen LogP contribution in [0.5, 0.6) is 0 Å². The van der Waals surface area contributed by atoms with Gasteiger partial charge in [-0.2, -0.15) is 0 Å². The molecule has 2 nitrogen and oxygen atoms in total. The van der Waals surface area contributed by atoms with E-state index in [1.807, 2.05) is 94.7 Å². The van der Waals surface area contributed by atoms with Crippen LogP contribution < -0.4 is 9.80 Å². The Morgan fingerprint density at radius 2 is 0.500 bits per heavy atom. The van der Waals surface area contributed by atoms with Gasteiger partial charge in [-0.15, -0.1) is 0 Å². The van der Waals surface area contributed by atoms with Crippen LogP contribution in [0.15, 0.2) is 218 Å². The molecule has 0 unspecified atom stereocenters. The minimum atomic E-state index is -0.0234. The largest absolute Gasteiger partial charge is 0.310 e. The highest BCUT2D eigenvalue weighted by molar-refractivity contribution is 6.33. The first-order valence-electron chi connectivity index (χ1n) is 23.4. The van der Waals surface area contributed by atoms with Gasteiger partial charge in [-0.3, -0.25) is 0 Å². The molecule has 262 valence electrons. The summed E-state index contributed by atoms with van der Waals surface area (Å²) < 4.78 is 88.4. The molecule has 0 atom stereocenters. The SMILES string of the molecule is [2H]c1ccc(N(c2ccc([2H])cc2)c2ccc3c(c2)c2cc([2H])c([2H])cc2c2c([2H])c4c5ccc(N(c6ccc([2H])cc6)c6ccc([2H])cc6)cc5c5cc([2H])c([2H])cc5c4c([2H])c32)cc1. The second kappa shape index (κ2) is 13.2. The van der Waals surface area contributed by atoms with E-state index in [0.29, 0.717) is 88.8 Å². The highest BCUT2D eigenvalue weighted by Crippen LogP contribution is 2.45. The van der Waals surface area contributed by atoms with Gasteiger partial charge in [-0.25, -0.2) is 0 Å². The van der Waals surface area contributed by atoms with E-state index < -0.39 is 0 Å². The summed E-state index contributed by atoms with van der Waals surface area (Å²) in [4.78, 5) is 4.04. The molecule has 0 aromatic heterocycles. The van der Waals surface area contributed by atoms with Crippen LogP contribution in [0.3, 0.4) is 0 Å². The highest BCUT2D eigenvalue weighted by Gasteiger charge is 2.19. The number of hydrogen-bond donors (Lipinski definition) is 0. The lowest BCUT2D eigenvalue weighted by molar-refractivity contribution is 1.29. The van der Waals surface area contributed by atoms with E-state index in [-0.39, 0.29) is 36.3 Å². The third kappa shape index (κ3) is 5.19. The quantitative estimate of drug-likeness (QED) is 0.125. The zero-order valence-corrected chi connectivity index (χ0v) is 29.9. The van der Waals surface area contributed by atoms with Crippen molar-refractivity contribution < 1.29 is 13.7 Å². The molecule has 0 saturated heterocycles. The summed E-state index contributed by atoms with van der Waals surface area (Å²) in [6.45, 7) is 0. The summed E-state index contributed by atoms with van der Waals surface area (Å²) in [6, 6.07) is 48.6. The van der Waals surface area contributed by atoms with Gasteiger partial charge in [0.15, 0.2) is 0 Å². The van der Waals surface area contributed by atoms with Crippen molar-refractivity contribution in [3.8, 4) is 0 Å². The normalized spacial score (nSPS) is 14.1. The van der Waals surface area contributed by atoms with Gasteiger partial charge in [0, 0.05) is 34.1 Å². The molecular weight excluding hydrogens is 677 g/mol. The van der Waals surface area contributed by atoms with E-state index in [0.717, 1.165) is 34.1 Å². The minimum absolute atomic E-state index is 0.0123. The van der Waals surface area contributed by atoms with Crippen molar-refractivity contribution in [2.45, 2.75) is 0 Å². The molecule has 0 aliphatic heterocycles. The summed E-state index contributed by atoms with van der Waals surface area (Å²) in [5.74, 6) is 0. The Balaban J connectivity index is 1.25. The Morgan fingerprint density at radius 1 is 0.232 bits per heavy atom. The van der Waals surface area contributed by atoms with Gasteiger partial charge in [0.2, 0.25) is 0 Å². The zero-order chi connectivity index (χ0) is 45.7. The lowest BCUT2D eigenvalue weighted by atomic mass is 9.88. The number of nitrogens with zero attached hydrogens (tertiary/aromatic N) is 2. The van der Waals surface area contributed by atoms with Gasteiger partial charge in [0.05, 0.1) is 13.7 Å². The molecule has 2 heteroatoms. The molecule has 0 heterocycles. The Labute approximate surface area is 339 Å². The van der Waals surface area contributed by atoms with E-state index in [1.165, 1.54) is 0 Å². The highest BCUT2D eigenvalue weighted by atomic mass is 15.1.